The van der Waals surface area contributed by atoms with Crippen LogP contribution in [0.5, 0.6) is 0 Å². The zero-order chi connectivity index (χ0) is 11.4. The second kappa shape index (κ2) is 5.31. The monoisotopic (exact) mass is 227 g/mol. The van der Waals surface area contributed by atoms with Gasteiger partial charge in [-0.2, -0.15) is 0 Å². The highest BCUT2D eigenvalue weighted by Crippen LogP contribution is 2.20. The summed E-state index contributed by atoms with van der Waals surface area (Å²) in [7, 11) is 0. The molecule has 15 heavy (non-hydrogen) atoms. The standard InChI is InChI=1S/C11H18ClN3/c1-5-9-14-10(12)8(4)11(15-9)13-6-7(2)3/h7H,5-6H2,1-4H3,(H,13,14,15). The molecule has 3 nitrogen and oxygen atoms in total. The van der Waals surface area contributed by atoms with Crippen molar-refractivity contribution in [2.24, 2.45) is 5.92 Å². The lowest BCUT2D eigenvalue weighted by atomic mass is 10.2. The van der Waals surface area contributed by atoms with E-state index in [1.54, 1.807) is 0 Å². The maximum atomic E-state index is 6.02. The molecule has 0 amide bonds. The normalized spacial score (nSPS) is 10.8. The first-order valence-corrected chi connectivity index (χ1v) is 5.69. The summed E-state index contributed by atoms with van der Waals surface area (Å²) in [6, 6.07) is 0. The Kier molecular flexibility index (Phi) is 4.33. The molecule has 4 heteroatoms. The number of aromatic nitrogens is 2. The highest BCUT2D eigenvalue weighted by Gasteiger charge is 2.08. The van der Waals surface area contributed by atoms with Crippen molar-refractivity contribution in [3.05, 3.63) is 16.5 Å². The first-order chi connectivity index (χ1) is 7.04. The summed E-state index contributed by atoms with van der Waals surface area (Å²) in [4.78, 5) is 8.61. The zero-order valence-corrected chi connectivity index (χ0v) is 10.5. The Morgan fingerprint density at radius 1 is 1.33 bits per heavy atom. The van der Waals surface area contributed by atoms with E-state index in [2.05, 4.69) is 29.1 Å². The third-order valence-corrected chi connectivity index (χ3v) is 2.49. The molecule has 1 N–H and O–H groups in total. The van der Waals surface area contributed by atoms with Gasteiger partial charge in [0.2, 0.25) is 0 Å². The van der Waals surface area contributed by atoms with Crippen molar-refractivity contribution in [2.45, 2.75) is 34.1 Å². The lowest BCUT2D eigenvalue weighted by molar-refractivity contribution is 0.685. The van der Waals surface area contributed by atoms with Gasteiger partial charge in [-0.05, 0) is 12.8 Å². The molecule has 0 aromatic carbocycles. The zero-order valence-electron chi connectivity index (χ0n) is 9.76. The Labute approximate surface area is 96.3 Å². The third kappa shape index (κ3) is 3.34. The lowest BCUT2D eigenvalue weighted by Crippen LogP contribution is -2.12. The predicted molar refractivity (Wildman–Crippen MR) is 64.5 cm³/mol. The van der Waals surface area contributed by atoms with Gasteiger partial charge in [-0.1, -0.05) is 32.4 Å². The molecule has 0 bridgehead atoms. The maximum Gasteiger partial charge on any atom is 0.137 e. The average molecular weight is 228 g/mol. The molecule has 0 aliphatic rings. The minimum Gasteiger partial charge on any atom is -0.369 e. The molecular formula is C11H18ClN3. The summed E-state index contributed by atoms with van der Waals surface area (Å²) >= 11 is 6.02. The fourth-order valence-electron chi connectivity index (χ4n) is 1.16. The highest BCUT2D eigenvalue weighted by atomic mass is 35.5. The SMILES string of the molecule is CCc1nc(Cl)c(C)c(NCC(C)C)n1. The molecule has 0 spiro atoms. The predicted octanol–water partition coefficient (Wildman–Crippen LogP) is 3.07. The molecule has 0 saturated heterocycles. The van der Waals surface area contributed by atoms with Gasteiger partial charge in [0.1, 0.15) is 16.8 Å². The van der Waals surface area contributed by atoms with Crippen LogP contribution in [0, 0.1) is 12.8 Å². The van der Waals surface area contributed by atoms with Crippen molar-refractivity contribution in [3.63, 3.8) is 0 Å². The summed E-state index contributed by atoms with van der Waals surface area (Å²) < 4.78 is 0. The molecule has 0 atom stereocenters. The van der Waals surface area contributed by atoms with Gasteiger partial charge in [0.05, 0.1) is 0 Å². The number of rotatable bonds is 4. The van der Waals surface area contributed by atoms with E-state index in [0.29, 0.717) is 11.1 Å². The van der Waals surface area contributed by atoms with E-state index in [9.17, 15) is 0 Å². The van der Waals surface area contributed by atoms with Gasteiger partial charge in [-0.15, -0.1) is 0 Å². The van der Waals surface area contributed by atoms with Crippen molar-refractivity contribution >= 4 is 17.4 Å². The average Bonchev–Trinajstić information content (AvgIpc) is 2.19. The van der Waals surface area contributed by atoms with Crippen LogP contribution in [-0.4, -0.2) is 16.5 Å². The molecule has 0 fully saturated rings. The summed E-state index contributed by atoms with van der Waals surface area (Å²) in [5.74, 6) is 2.24. The Bertz CT molecular complexity index is 337. The first-order valence-electron chi connectivity index (χ1n) is 5.31. The molecule has 84 valence electrons. The fourth-order valence-corrected chi connectivity index (χ4v) is 1.35. The molecule has 0 unspecified atom stereocenters. The van der Waals surface area contributed by atoms with Crippen LogP contribution in [0.3, 0.4) is 0 Å². The second-order valence-corrected chi connectivity index (χ2v) is 4.39. The smallest absolute Gasteiger partial charge is 0.137 e. The van der Waals surface area contributed by atoms with Gasteiger partial charge in [0.15, 0.2) is 0 Å². The topological polar surface area (TPSA) is 37.8 Å². The minimum atomic E-state index is 0.549. The third-order valence-electron chi connectivity index (χ3n) is 2.13. The van der Waals surface area contributed by atoms with Crippen molar-refractivity contribution in [3.8, 4) is 0 Å². The summed E-state index contributed by atoms with van der Waals surface area (Å²) in [5.41, 5.74) is 0.925. The van der Waals surface area contributed by atoms with Gasteiger partial charge >= 0.3 is 0 Å². The van der Waals surface area contributed by atoms with Crippen LogP contribution >= 0.6 is 11.6 Å². The van der Waals surface area contributed by atoms with Crippen molar-refractivity contribution in [1.82, 2.24) is 9.97 Å². The molecule has 0 radical (unpaired) electrons. The van der Waals surface area contributed by atoms with Crippen LogP contribution in [-0.2, 0) is 6.42 Å². The Balaban J connectivity index is 2.90. The Morgan fingerprint density at radius 2 is 2.00 bits per heavy atom. The lowest BCUT2D eigenvalue weighted by Gasteiger charge is -2.12. The Morgan fingerprint density at radius 3 is 2.53 bits per heavy atom. The molecule has 1 aromatic rings. The van der Waals surface area contributed by atoms with Crippen LogP contribution in [0.2, 0.25) is 5.15 Å². The number of anilines is 1. The number of hydrogen-bond acceptors (Lipinski definition) is 3. The fraction of sp³-hybridized carbons (Fsp3) is 0.636. The molecule has 0 aliphatic heterocycles. The van der Waals surface area contributed by atoms with E-state index in [1.165, 1.54) is 0 Å². The van der Waals surface area contributed by atoms with Crippen molar-refractivity contribution < 1.29 is 0 Å². The second-order valence-electron chi connectivity index (χ2n) is 4.03. The molecular weight excluding hydrogens is 210 g/mol. The van der Waals surface area contributed by atoms with Crippen LogP contribution in [0.1, 0.15) is 32.2 Å². The number of aryl methyl sites for hydroxylation is 1. The number of halogens is 1. The largest absolute Gasteiger partial charge is 0.369 e. The van der Waals surface area contributed by atoms with E-state index in [4.69, 9.17) is 11.6 Å². The van der Waals surface area contributed by atoms with Crippen molar-refractivity contribution in [1.29, 1.82) is 0 Å². The van der Waals surface area contributed by atoms with E-state index < -0.39 is 0 Å². The van der Waals surface area contributed by atoms with Gasteiger partial charge in [-0.25, -0.2) is 9.97 Å². The highest BCUT2D eigenvalue weighted by molar-refractivity contribution is 6.30. The molecule has 1 heterocycles. The Hall–Kier alpha value is -0.830. The molecule has 1 rings (SSSR count). The van der Waals surface area contributed by atoms with Crippen LogP contribution < -0.4 is 5.32 Å². The maximum absolute atomic E-state index is 6.02. The van der Waals surface area contributed by atoms with Crippen LogP contribution in [0.15, 0.2) is 0 Å². The van der Waals surface area contributed by atoms with Gasteiger partial charge in [-0.3, -0.25) is 0 Å². The minimum absolute atomic E-state index is 0.549. The summed E-state index contributed by atoms with van der Waals surface area (Å²) in [6.07, 6.45) is 0.802. The van der Waals surface area contributed by atoms with Crippen molar-refractivity contribution in [2.75, 3.05) is 11.9 Å². The summed E-state index contributed by atoms with van der Waals surface area (Å²) in [6.45, 7) is 9.17. The molecule has 0 aliphatic carbocycles. The van der Waals surface area contributed by atoms with Gasteiger partial charge in [0, 0.05) is 18.5 Å². The number of nitrogens with one attached hydrogen (secondary N) is 1. The van der Waals surface area contributed by atoms with Gasteiger partial charge < -0.3 is 5.32 Å². The number of hydrogen-bond donors (Lipinski definition) is 1. The number of nitrogens with zero attached hydrogens (tertiary/aromatic N) is 2. The molecule has 0 saturated carbocycles. The van der Waals surface area contributed by atoms with E-state index >= 15 is 0 Å². The van der Waals surface area contributed by atoms with E-state index in [0.717, 1.165) is 30.2 Å². The van der Waals surface area contributed by atoms with E-state index in [1.807, 2.05) is 13.8 Å². The summed E-state index contributed by atoms with van der Waals surface area (Å²) in [5, 5.41) is 3.84. The van der Waals surface area contributed by atoms with Crippen LogP contribution in [0.25, 0.3) is 0 Å². The molecule has 1 aromatic heterocycles. The first kappa shape index (κ1) is 12.2. The van der Waals surface area contributed by atoms with E-state index in [-0.39, 0.29) is 0 Å². The quantitative estimate of drug-likeness (QED) is 0.804. The van der Waals surface area contributed by atoms with Gasteiger partial charge in [0.25, 0.3) is 0 Å². The van der Waals surface area contributed by atoms with Crippen LogP contribution in [0.4, 0.5) is 5.82 Å².